The fourth-order valence-electron chi connectivity index (χ4n) is 5.30. The Morgan fingerprint density at radius 2 is 1.40 bits per heavy atom. The van der Waals surface area contributed by atoms with Gasteiger partial charge in [-0.05, 0) is 52.6 Å². The number of carbonyl (C=O) groups excluding carboxylic acids is 2. The second kappa shape index (κ2) is 13.1. The van der Waals surface area contributed by atoms with Gasteiger partial charge >= 0.3 is 12.1 Å². The Bertz CT molecular complexity index is 1510. The lowest BCUT2D eigenvalue weighted by Crippen LogP contribution is -2.47. The molecule has 0 aromatic heterocycles. The number of amides is 2. The summed E-state index contributed by atoms with van der Waals surface area (Å²) < 4.78 is 5.58. The van der Waals surface area contributed by atoms with E-state index in [9.17, 15) is 19.5 Å². The Hall–Kier alpha value is -4.95. The zero-order valence-electron chi connectivity index (χ0n) is 23.3. The van der Waals surface area contributed by atoms with Crippen molar-refractivity contribution in [2.45, 2.75) is 25.0 Å². The first-order valence-corrected chi connectivity index (χ1v) is 13.8. The molecule has 42 heavy (non-hydrogen) atoms. The van der Waals surface area contributed by atoms with Crippen LogP contribution in [-0.2, 0) is 22.6 Å². The lowest BCUT2D eigenvalue weighted by atomic mass is 9.98. The first-order chi connectivity index (χ1) is 20.4. The Labute approximate surface area is 244 Å². The van der Waals surface area contributed by atoms with Crippen molar-refractivity contribution in [3.8, 4) is 11.1 Å². The largest absolute Gasteiger partial charge is 0.480 e. The summed E-state index contributed by atoms with van der Waals surface area (Å²) in [5.74, 6) is -1.60. The molecule has 5 rings (SSSR count). The molecule has 1 unspecified atom stereocenters. The number of ether oxygens (including phenoxy) is 1. The van der Waals surface area contributed by atoms with E-state index in [2.05, 4.69) is 34.9 Å². The molecule has 0 spiro atoms. The summed E-state index contributed by atoms with van der Waals surface area (Å²) in [6.07, 6.45) is -0.525. The number of rotatable bonds is 11. The summed E-state index contributed by atoms with van der Waals surface area (Å²) in [7, 11) is 1.81. The molecule has 1 aliphatic rings. The average molecular weight is 564 g/mol. The standard InChI is InChI=1S/C34H33N3O5/c1-37(20-24-9-3-2-4-10-24)21-31(33(39)40)36-32(38)25-17-15-23(16-18-25)19-35-34(41)42-22-30-28-13-7-5-11-26(28)27-12-6-8-14-29(27)30/h2-18,30-31H,19-22H2,1H3,(H,35,41)(H,36,38)(H,39,40). The van der Waals surface area contributed by atoms with Crippen LogP contribution in [0.4, 0.5) is 4.79 Å². The smallest absolute Gasteiger partial charge is 0.407 e. The van der Waals surface area contributed by atoms with Gasteiger partial charge in [-0.2, -0.15) is 0 Å². The SMILES string of the molecule is CN(Cc1ccccc1)CC(NC(=O)c1ccc(CNC(=O)OCC2c3ccccc3-c3ccccc32)cc1)C(=O)O. The normalized spacial score (nSPS) is 12.7. The van der Waals surface area contributed by atoms with Gasteiger partial charge in [-0.1, -0.05) is 91.0 Å². The second-order valence-corrected chi connectivity index (χ2v) is 10.4. The molecule has 8 nitrogen and oxygen atoms in total. The van der Waals surface area contributed by atoms with Crippen molar-refractivity contribution in [3.05, 3.63) is 131 Å². The van der Waals surface area contributed by atoms with Crippen molar-refractivity contribution in [2.24, 2.45) is 0 Å². The molecule has 2 amide bonds. The minimum Gasteiger partial charge on any atom is -0.480 e. The van der Waals surface area contributed by atoms with Gasteiger partial charge in [0.2, 0.25) is 0 Å². The Morgan fingerprint density at radius 1 is 0.810 bits per heavy atom. The summed E-state index contributed by atoms with van der Waals surface area (Å²) >= 11 is 0. The molecule has 1 atom stereocenters. The van der Waals surface area contributed by atoms with Gasteiger partial charge in [0.05, 0.1) is 0 Å². The summed E-state index contributed by atoms with van der Waals surface area (Å²) in [5, 5.41) is 15.0. The van der Waals surface area contributed by atoms with Crippen molar-refractivity contribution in [1.29, 1.82) is 0 Å². The quantitative estimate of drug-likeness (QED) is 0.236. The van der Waals surface area contributed by atoms with Crippen LogP contribution in [0.15, 0.2) is 103 Å². The minimum atomic E-state index is -1.10. The molecule has 0 heterocycles. The van der Waals surface area contributed by atoms with Crippen LogP contribution in [0.25, 0.3) is 11.1 Å². The fourth-order valence-corrected chi connectivity index (χ4v) is 5.30. The number of likely N-dealkylation sites (N-methyl/N-ethyl adjacent to an activating group) is 1. The minimum absolute atomic E-state index is 0.0197. The number of hydrogen-bond donors (Lipinski definition) is 3. The maximum atomic E-state index is 12.8. The molecule has 4 aromatic rings. The van der Waals surface area contributed by atoms with E-state index in [0.29, 0.717) is 12.1 Å². The molecule has 0 radical (unpaired) electrons. The third-order valence-corrected chi connectivity index (χ3v) is 7.39. The number of aliphatic carboxylic acids is 1. The highest BCUT2D eigenvalue weighted by atomic mass is 16.5. The Morgan fingerprint density at radius 3 is 2.02 bits per heavy atom. The van der Waals surface area contributed by atoms with Gasteiger partial charge in [0.1, 0.15) is 12.6 Å². The molecule has 4 aromatic carbocycles. The van der Waals surface area contributed by atoms with Crippen LogP contribution in [-0.4, -0.2) is 54.2 Å². The summed E-state index contributed by atoms with van der Waals surface area (Å²) in [6, 6.07) is 31.6. The van der Waals surface area contributed by atoms with Crippen LogP contribution in [0.1, 0.15) is 38.5 Å². The van der Waals surface area contributed by atoms with Gasteiger partial charge < -0.3 is 20.5 Å². The number of benzene rings is 4. The van der Waals surface area contributed by atoms with E-state index in [-0.39, 0.29) is 25.6 Å². The number of alkyl carbamates (subject to hydrolysis) is 1. The summed E-state index contributed by atoms with van der Waals surface area (Å²) in [4.78, 5) is 39.0. The Kier molecular flexibility index (Phi) is 8.94. The first-order valence-electron chi connectivity index (χ1n) is 13.8. The van der Waals surface area contributed by atoms with E-state index in [1.54, 1.807) is 24.3 Å². The van der Waals surface area contributed by atoms with Crippen LogP contribution in [0.2, 0.25) is 0 Å². The van der Waals surface area contributed by atoms with Crippen LogP contribution in [0.5, 0.6) is 0 Å². The molecule has 0 saturated carbocycles. The second-order valence-electron chi connectivity index (χ2n) is 10.4. The van der Waals surface area contributed by atoms with Gasteiger partial charge in [0.15, 0.2) is 0 Å². The van der Waals surface area contributed by atoms with Gasteiger partial charge in [-0.3, -0.25) is 9.69 Å². The van der Waals surface area contributed by atoms with Gasteiger partial charge in [-0.25, -0.2) is 9.59 Å². The molecule has 8 heteroatoms. The van der Waals surface area contributed by atoms with Crippen LogP contribution >= 0.6 is 0 Å². The topological polar surface area (TPSA) is 108 Å². The number of fused-ring (bicyclic) bond motifs is 3. The number of nitrogens with zero attached hydrogens (tertiary/aromatic N) is 1. The van der Waals surface area contributed by atoms with E-state index >= 15 is 0 Å². The lowest BCUT2D eigenvalue weighted by Gasteiger charge is -2.22. The maximum Gasteiger partial charge on any atom is 0.407 e. The summed E-state index contributed by atoms with van der Waals surface area (Å²) in [5.41, 5.74) is 6.79. The van der Waals surface area contributed by atoms with Crippen molar-refractivity contribution >= 4 is 18.0 Å². The predicted molar refractivity (Wildman–Crippen MR) is 160 cm³/mol. The predicted octanol–water partition coefficient (Wildman–Crippen LogP) is 5.04. The molecular weight excluding hydrogens is 530 g/mol. The monoisotopic (exact) mass is 563 g/mol. The zero-order valence-corrected chi connectivity index (χ0v) is 23.3. The highest BCUT2D eigenvalue weighted by Crippen LogP contribution is 2.44. The van der Waals surface area contributed by atoms with Crippen molar-refractivity contribution < 1.29 is 24.2 Å². The van der Waals surface area contributed by atoms with Crippen molar-refractivity contribution in [2.75, 3.05) is 20.2 Å². The third kappa shape index (κ3) is 6.85. The third-order valence-electron chi connectivity index (χ3n) is 7.39. The van der Waals surface area contributed by atoms with Crippen LogP contribution < -0.4 is 10.6 Å². The molecule has 214 valence electrons. The first kappa shape index (κ1) is 28.6. The number of hydrogen-bond acceptors (Lipinski definition) is 5. The molecule has 0 fully saturated rings. The highest BCUT2D eigenvalue weighted by Gasteiger charge is 2.29. The Balaban J connectivity index is 1.10. The maximum absolute atomic E-state index is 12.8. The molecule has 1 aliphatic carbocycles. The van der Waals surface area contributed by atoms with Crippen LogP contribution in [0, 0.1) is 0 Å². The van der Waals surface area contributed by atoms with Crippen molar-refractivity contribution in [3.63, 3.8) is 0 Å². The van der Waals surface area contributed by atoms with E-state index in [1.807, 2.05) is 66.5 Å². The number of carboxylic acid groups (broad SMARTS) is 1. The van der Waals surface area contributed by atoms with Gasteiger partial charge in [-0.15, -0.1) is 0 Å². The number of carbonyl (C=O) groups is 3. The van der Waals surface area contributed by atoms with E-state index in [4.69, 9.17) is 4.74 Å². The van der Waals surface area contributed by atoms with E-state index in [1.165, 1.54) is 11.1 Å². The zero-order chi connectivity index (χ0) is 29.5. The van der Waals surface area contributed by atoms with Gasteiger partial charge in [0, 0.05) is 31.1 Å². The lowest BCUT2D eigenvalue weighted by molar-refractivity contribution is -0.139. The molecule has 0 saturated heterocycles. The molecule has 0 bridgehead atoms. The molecule has 3 N–H and O–H groups in total. The summed E-state index contributed by atoms with van der Waals surface area (Å²) in [6.45, 7) is 1.16. The van der Waals surface area contributed by atoms with Crippen molar-refractivity contribution in [1.82, 2.24) is 15.5 Å². The molecular formula is C34H33N3O5. The molecule has 0 aliphatic heterocycles. The highest BCUT2D eigenvalue weighted by molar-refractivity contribution is 5.96. The number of carboxylic acids is 1. The van der Waals surface area contributed by atoms with E-state index in [0.717, 1.165) is 22.3 Å². The van der Waals surface area contributed by atoms with E-state index < -0.39 is 24.0 Å². The fraction of sp³-hybridized carbons (Fsp3) is 0.206. The van der Waals surface area contributed by atoms with Gasteiger partial charge in [0.25, 0.3) is 5.91 Å². The average Bonchev–Trinajstić information content (AvgIpc) is 3.33. The van der Waals surface area contributed by atoms with Crippen LogP contribution in [0.3, 0.4) is 0 Å². The number of nitrogens with one attached hydrogen (secondary N) is 2.